The maximum absolute atomic E-state index is 5.43. The fourth-order valence-electron chi connectivity index (χ4n) is 2.19. The molecule has 0 heterocycles. The number of methoxy groups -OCH3 is 1. The number of amidine groups is 1. The van der Waals surface area contributed by atoms with Gasteiger partial charge in [0.15, 0.2) is 5.84 Å². The van der Waals surface area contributed by atoms with E-state index in [-0.39, 0.29) is 5.41 Å². The van der Waals surface area contributed by atoms with Gasteiger partial charge in [0, 0.05) is 13.6 Å². The van der Waals surface area contributed by atoms with E-state index in [0.717, 1.165) is 12.4 Å². The molecule has 1 N–H and O–H groups in total. The average molecular weight is 267 g/mol. The summed E-state index contributed by atoms with van der Waals surface area (Å²) in [5.41, 5.74) is 0.208. The van der Waals surface area contributed by atoms with Crippen LogP contribution in [0.1, 0.15) is 52.9 Å². The summed E-state index contributed by atoms with van der Waals surface area (Å²) in [6, 6.07) is 0.400. The van der Waals surface area contributed by atoms with Crippen molar-refractivity contribution >= 4 is 11.7 Å². The predicted molar refractivity (Wildman–Crippen MR) is 82.1 cm³/mol. The Morgan fingerprint density at radius 2 is 1.84 bits per heavy atom. The van der Waals surface area contributed by atoms with Crippen molar-refractivity contribution in [2.24, 2.45) is 15.4 Å². The van der Waals surface area contributed by atoms with Gasteiger partial charge in [-0.05, 0) is 18.3 Å². The molecule has 1 fully saturated rings. The third-order valence-electron chi connectivity index (χ3n) is 3.28. The van der Waals surface area contributed by atoms with Gasteiger partial charge in [-0.15, -0.1) is 0 Å². The van der Waals surface area contributed by atoms with Crippen LogP contribution in [0.5, 0.6) is 0 Å². The Kier molecular flexibility index (Phi) is 6.32. The summed E-state index contributed by atoms with van der Waals surface area (Å²) in [4.78, 5) is 9.00. The zero-order valence-corrected chi connectivity index (χ0v) is 13.1. The second-order valence-corrected chi connectivity index (χ2v) is 6.42. The van der Waals surface area contributed by atoms with Crippen molar-refractivity contribution in [3.05, 3.63) is 0 Å². The smallest absolute Gasteiger partial charge is 0.252 e. The first-order chi connectivity index (χ1) is 8.96. The number of rotatable bonds is 2. The van der Waals surface area contributed by atoms with E-state index < -0.39 is 0 Å². The molecule has 4 nitrogen and oxygen atoms in total. The minimum absolute atomic E-state index is 0.208. The SMILES string of the molecule is C/N=C(NCC(C)(C)C)\C(=N\C1CCCCC1)OC. The van der Waals surface area contributed by atoms with Crippen LogP contribution in [0, 0.1) is 5.41 Å². The van der Waals surface area contributed by atoms with Crippen LogP contribution in [0.4, 0.5) is 0 Å². The monoisotopic (exact) mass is 267 g/mol. The summed E-state index contributed by atoms with van der Waals surface area (Å²) >= 11 is 0. The average Bonchev–Trinajstić information content (AvgIpc) is 2.38. The van der Waals surface area contributed by atoms with Gasteiger partial charge in [0.2, 0.25) is 0 Å². The molecule has 0 aromatic heterocycles. The molecule has 0 aromatic carbocycles. The van der Waals surface area contributed by atoms with Gasteiger partial charge >= 0.3 is 0 Å². The van der Waals surface area contributed by atoms with Gasteiger partial charge < -0.3 is 10.1 Å². The Bertz CT molecular complexity index is 323. The summed E-state index contributed by atoms with van der Waals surface area (Å²) in [5.74, 6) is 1.42. The quantitative estimate of drug-likeness (QED) is 0.617. The largest absolute Gasteiger partial charge is 0.479 e. The maximum atomic E-state index is 5.43. The first-order valence-corrected chi connectivity index (χ1v) is 7.29. The molecule has 0 bridgehead atoms. The molecule has 0 spiro atoms. The molecule has 0 saturated heterocycles. The number of nitrogens with zero attached hydrogens (tertiary/aromatic N) is 2. The summed E-state index contributed by atoms with van der Waals surface area (Å²) in [6.07, 6.45) is 6.23. The Labute approximate surface area is 117 Å². The van der Waals surface area contributed by atoms with E-state index >= 15 is 0 Å². The molecule has 0 unspecified atom stereocenters. The van der Waals surface area contributed by atoms with Crippen molar-refractivity contribution in [2.75, 3.05) is 20.7 Å². The number of ether oxygens (including phenoxy) is 1. The molecule has 0 radical (unpaired) electrons. The van der Waals surface area contributed by atoms with Crippen LogP contribution in [0.25, 0.3) is 0 Å². The maximum Gasteiger partial charge on any atom is 0.252 e. The molecular formula is C15H29N3O. The fourth-order valence-corrected chi connectivity index (χ4v) is 2.19. The van der Waals surface area contributed by atoms with E-state index in [1.54, 1.807) is 14.2 Å². The predicted octanol–water partition coefficient (Wildman–Crippen LogP) is 3.03. The van der Waals surface area contributed by atoms with Crippen molar-refractivity contribution in [3.8, 4) is 0 Å². The van der Waals surface area contributed by atoms with Gasteiger partial charge in [-0.2, -0.15) is 0 Å². The van der Waals surface area contributed by atoms with E-state index in [1.807, 2.05) is 0 Å². The summed E-state index contributed by atoms with van der Waals surface area (Å²) in [7, 11) is 3.45. The fraction of sp³-hybridized carbons (Fsp3) is 0.867. The first kappa shape index (κ1) is 16.0. The molecule has 0 aliphatic heterocycles. The van der Waals surface area contributed by atoms with Gasteiger partial charge in [-0.3, -0.25) is 4.99 Å². The Morgan fingerprint density at radius 3 is 2.32 bits per heavy atom. The van der Waals surface area contributed by atoms with Crippen LogP contribution in [0.15, 0.2) is 9.98 Å². The standard InChI is InChI=1S/C15H29N3O/c1-15(2,3)11-17-13(16-4)14(19-5)18-12-9-7-6-8-10-12/h12H,6-11H2,1-5H3,(H,16,17)/b18-14-. The Morgan fingerprint density at radius 1 is 1.21 bits per heavy atom. The molecule has 0 atom stereocenters. The van der Waals surface area contributed by atoms with Crippen LogP contribution in [-0.4, -0.2) is 38.5 Å². The lowest BCUT2D eigenvalue weighted by Gasteiger charge is -2.22. The number of aliphatic imine (C=N–C) groups is 2. The van der Waals surface area contributed by atoms with Crippen molar-refractivity contribution in [1.82, 2.24) is 5.32 Å². The lowest BCUT2D eigenvalue weighted by molar-refractivity contribution is 0.383. The minimum atomic E-state index is 0.208. The summed E-state index contributed by atoms with van der Waals surface area (Å²) < 4.78 is 5.43. The van der Waals surface area contributed by atoms with Gasteiger partial charge in [-0.1, -0.05) is 40.0 Å². The lowest BCUT2D eigenvalue weighted by Crippen LogP contribution is -2.38. The second kappa shape index (κ2) is 7.51. The van der Waals surface area contributed by atoms with E-state index in [2.05, 4.69) is 31.1 Å². The highest BCUT2D eigenvalue weighted by atomic mass is 16.5. The number of hydrogen-bond donors (Lipinski definition) is 1. The zero-order valence-electron chi connectivity index (χ0n) is 13.1. The summed E-state index contributed by atoms with van der Waals surface area (Å²) in [6.45, 7) is 7.43. The zero-order chi connectivity index (χ0) is 14.3. The molecule has 19 heavy (non-hydrogen) atoms. The van der Waals surface area contributed by atoms with E-state index in [4.69, 9.17) is 9.73 Å². The second-order valence-electron chi connectivity index (χ2n) is 6.42. The van der Waals surface area contributed by atoms with Gasteiger partial charge in [0.1, 0.15) is 0 Å². The Hall–Kier alpha value is -1.06. The van der Waals surface area contributed by atoms with Crippen molar-refractivity contribution < 1.29 is 4.74 Å². The van der Waals surface area contributed by atoms with Gasteiger partial charge in [0.05, 0.1) is 13.2 Å². The molecular weight excluding hydrogens is 238 g/mol. The van der Waals surface area contributed by atoms with Crippen molar-refractivity contribution in [3.63, 3.8) is 0 Å². The molecule has 0 aromatic rings. The van der Waals surface area contributed by atoms with Crippen LogP contribution in [0.3, 0.4) is 0 Å². The molecule has 4 heteroatoms. The molecule has 1 saturated carbocycles. The molecule has 1 rings (SSSR count). The van der Waals surface area contributed by atoms with Gasteiger partial charge in [-0.25, -0.2) is 4.99 Å². The molecule has 1 aliphatic carbocycles. The third kappa shape index (κ3) is 6.08. The molecule has 110 valence electrons. The van der Waals surface area contributed by atoms with Crippen LogP contribution >= 0.6 is 0 Å². The van der Waals surface area contributed by atoms with E-state index in [1.165, 1.54) is 32.1 Å². The summed E-state index contributed by atoms with van der Waals surface area (Å²) in [5, 5.41) is 3.34. The van der Waals surface area contributed by atoms with Crippen molar-refractivity contribution in [2.45, 2.75) is 58.9 Å². The van der Waals surface area contributed by atoms with E-state index in [9.17, 15) is 0 Å². The molecule has 1 aliphatic rings. The van der Waals surface area contributed by atoms with Crippen LogP contribution in [-0.2, 0) is 4.74 Å². The first-order valence-electron chi connectivity index (χ1n) is 7.29. The van der Waals surface area contributed by atoms with Crippen molar-refractivity contribution in [1.29, 1.82) is 0 Å². The number of hydrogen-bond acceptors (Lipinski definition) is 3. The molecule has 0 amide bonds. The van der Waals surface area contributed by atoms with Crippen LogP contribution in [0.2, 0.25) is 0 Å². The highest BCUT2D eigenvalue weighted by Gasteiger charge is 2.18. The topological polar surface area (TPSA) is 46.0 Å². The highest BCUT2D eigenvalue weighted by Crippen LogP contribution is 2.20. The minimum Gasteiger partial charge on any atom is -0.479 e. The highest BCUT2D eigenvalue weighted by molar-refractivity contribution is 6.37. The normalized spacial score (nSPS) is 19.4. The number of nitrogens with one attached hydrogen (secondary N) is 1. The van der Waals surface area contributed by atoms with E-state index in [0.29, 0.717) is 11.9 Å². The van der Waals surface area contributed by atoms with Gasteiger partial charge in [0.25, 0.3) is 5.90 Å². The van der Waals surface area contributed by atoms with Crippen LogP contribution < -0.4 is 5.32 Å². The third-order valence-corrected chi connectivity index (χ3v) is 3.28. The lowest BCUT2D eigenvalue weighted by atomic mass is 9.96. The Balaban J connectivity index is 2.66.